The third-order valence-electron chi connectivity index (χ3n) is 2.89. The molecule has 0 aliphatic heterocycles. The maximum Gasteiger partial charge on any atom is 0.422 e. The summed E-state index contributed by atoms with van der Waals surface area (Å²) in [5.74, 6) is -0.539. The third-order valence-corrected chi connectivity index (χ3v) is 2.89. The lowest BCUT2D eigenvalue weighted by molar-refractivity contribution is -0.154. The maximum atomic E-state index is 12.1. The van der Waals surface area contributed by atoms with Gasteiger partial charge in [-0.1, -0.05) is 0 Å². The molecular formula is C14H15F3N4O2. The Bertz CT molecular complexity index is 680. The van der Waals surface area contributed by atoms with Crippen molar-refractivity contribution >= 4 is 11.6 Å². The Morgan fingerprint density at radius 1 is 1.39 bits per heavy atom. The second kappa shape index (κ2) is 6.67. The highest BCUT2D eigenvalue weighted by molar-refractivity contribution is 6.04. The topological polar surface area (TPSA) is 69.0 Å². The Kier molecular flexibility index (Phi) is 4.87. The van der Waals surface area contributed by atoms with Crippen molar-refractivity contribution in [1.29, 1.82) is 0 Å². The van der Waals surface area contributed by atoms with E-state index >= 15 is 0 Å². The van der Waals surface area contributed by atoms with Crippen LogP contribution >= 0.6 is 0 Å². The number of halogens is 3. The number of rotatable bonds is 5. The summed E-state index contributed by atoms with van der Waals surface area (Å²) >= 11 is 0. The molecule has 0 atom stereocenters. The van der Waals surface area contributed by atoms with Crippen molar-refractivity contribution in [3.8, 4) is 5.88 Å². The zero-order valence-electron chi connectivity index (χ0n) is 12.5. The van der Waals surface area contributed by atoms with Crippen molar-refractivity contribution in [2.45, 2.75) is 26.6 Å². The lowest BCUT2D eigenvalue weighted by Gasteiger charge is -2.09. The van der Waals surface area contributed by atoms with Crippen LogP contribution in [0.2, 0.25) is 0 Å². The predicted octanol–water partition coefficient (Wildman–Crippen LogP) is 2.80. The predicted molar refractivity (Wildman–Crippen MR) is 76.4 cm³/mol. The minimum atomic E-state index is -4.43. The van der Waals surface area contributed by atoms with Crippen LogP contribution in [-0.4, -0.2) is 33.5 Å². The van der Waals surface area contributed by atoms with Gasteiger partial charge in [0.15, 0.2) is 6.61 Å². The highest BCUT2D eigenvalue weighted by Gasteiger charge is 2.28. The molecule has 0 unspecified atom stereocenters. The first-order valence-corrected chi connectivity index (χ1v) is 6.79. The number of anilines is 1. The highest BCUT2D eigenvalue weighted by Crippen LogP contribution is 2.18. The fraction of sp³-hybridized carbons (Fsp3) is 0.357. The molecule has 2 rings (SSSR count). The number of ether oxygens (including phenoxy) is 1. The third kappa shape index (κ3) is 4.70. The van der Waals surface area contributed by atoms with Gasteiger partial charge in [0.2, 0.25) is 5.88 Å². The number of aryl methyl sites for hydroxylation is 2. The molecule has 1 amide bonds. The van der Waals surface area contributed by atoms with Crippen LogP contribution in [0.3, 0.4) is 0 Å². The van der Waals surface area contributed by atoms with E-state index in [9.17, 15) is 18.0 Å². The van der Waals surface area contributed by atoms with Gasteiger partial charge in [-0.05, 0) is 19.9 Å². The van der Waals surface area contributed by atoms with Gasteiger partial charge in [0.25, 0.3) is 5.91 Å². The molecule has 2 aromatic heterocycles. The van der Waals surface area contributed by atoms with Crippen LogP contribution in [0.1, 0.15) is 23.0 Å². The van der Waals surface area contributed by atoms with E-state index in [1.807, 2.05) is 6.92 Å². The van der Waals surface area contributed by atoms with Crippen LogP contribution in [0.15, 0.2) is 24.5 Å². The van der Waals surface area contributed by atoms with Crippen molar-refractivity contribution in [3.05, 3.63) is 35.8 Å². The summed E-state index contributed by atoms with van der Waals surface area (Å²) in [5, 5.41) is 6.77. The Balaban J connectivity index is 2.00. The molecule has 2 aromatic rings. The van der Waals surface area contributed by atoms with Gasteiger partial charge in [0.1, 0.15) is 0 Å². The fourth-order valence-electron chi connectivity index (χ4n) is 1.80. The molecule has 0 saturated heterocycles. The molecule has 0 spiro atoms. The van der Waals surface area contributed by atoms with Gasteiger partial charge in [-0.15, -0.1) is 0 Å². The molecular weight excluding hydrogens is 313 g/mol. The molecule has 0 aliphatic rings. The molecule has 2 heterocycles. The molecule has 0 radical (unpaired) electrons. The van der Waals surface area contributed by atoms with Crippen molar-refractivity contribution in [2.24, 2.45) is 0 Å². The number of nitrogens with one attached hydrogen (secondary N) is 1. The number of nitrogens with zero attached hydrogens (tertiary/aromatic N) is 3. The van der Waals surface area contributed by atoms with Crippen LogP contribution < -0.4 is 10.1 Å². The van der Waals surface area contributed by atoms with Crippen molar-refractivity contribution in [2.75, 3.05) is 11.9 Å². The van der Waals surface area contributed by atoms with Crippen LogP contribution in [0, 0.1) is 6.92 Å². The Morgan fingerprint density at radius 2 is 2.13 bits per heavy atom. The van der Waals surface area contributed by atoms with Gasteiger partial charge in [-0.2, -0.15) is 18.3 Å². The summed E-state index contributed by atoms with van der Waals surface area (Å²) in [4.78, 5) is 15.8. The van der Waals surface area contributed by atoms with Crippen LogP contribution in [-0.2, 0) is 6.54 Å². The zero-order valence-corrected chi connectivity index (χ0v) is 12.5. The molecule has 1 N–H and O–H groups in total. The number of hydrogen-bond donors (Lipinski definition) is 1. The number of carbonyl (C=O) groups excluding carboxylic acids is 1. The van der Waals surface area contributed by atoms with E-state index in [0.717, 1.165) is 0 Å². The van der Waals surface area contributed by atoms with E-state index in [1.54, 1.807) is 17.8 Å². The molecule has 124 valence electrons. The lowest BCUT2D eigenvalue weighted by Crippen LogP contribution is -2.19. The van der Waals surface area contributed by atoms with Gasteiger partial charge in [0.05, 0.1) is 23.1 Å². The average Bonchev–Trinajstić information content (AvgIpc) is 2.87. The highest BCUT2D eigenvalue weighted by atomic mass is 19.4. The number of carbonyl (C=O) groups is 1. The van der Waals surface area contributed by atoms with E-state index in [1.165, 1.54) is 18.3 Å². The summed E-state index contributed by atoms with van der Waals surface area (Å²) in [6.07, 6.45) is -1.58. The molecule has 6 nitrogen and oxygen atoms in total. The van der Waals surface area contributed by atoms with Crippen molar-refractivity contribution in [3.63, 3.8) is 0 Å². The van der Waals surface area contributed by atoms with Crippen molar-refractivity contribution in [1.82, 2.24) is 14.8 Å². The number of alkyl halides is 3. The van der Waals surface area contributed by atoms with Crippen LogP contribution in [0.25, 0.3) is 0 Å². The first kappa shape index (κ1) is 16.8. The minimum absolute atomic E-state index is 0.171. The van der Waals surface area contributed by atoms with Gasteiger partial charge in [-0.25, -0.2) is 4.98 Å². The van der Waals surface area contributed by atoms with E-state index in [4.69, 9.17) is 0 Å². The van der Waals surface area contributed by atoms with Gasteiger partial charge >= 0.3 is 6.18 Å². The molecule has 0 bridgehead atoms. The second-order valence-corrected chi connectivity index (χ2v) is 4.73. The monoisotopic (exact) mass is 328 g/mol. The standard InChI is InChI=1S/C14H15F3N4O2/c1-3-21-7-11(9(2)20-21)13(22)19-10-4-5-12(18-6-10)23-8-14(15,16)17/h4-7H,3,8H2,1-2H3,(H,19,22). The smallest absolute Gasteiger partial charge is 0.422 e. The molecule has 0 aliphatic carbocycles. The largest absolute Gasteiger partial charge is 0.468 e. The average molecular weight is 328 g/mol. The molecule has 9 heteroatoms. The first-order chi connectivity index (χ1) is 10.8. The summed E-state index contributed by atoms with van der Waals surface area (Å²) in [5.41, 5.74) is 1.35. The summed E-state index contributed by atoms with van der Waals surface area (Å²) < 4.78 is 42.2. The number of hydrogen-bond acceptors (Lipinski definition) is 4. The molecule has 0 aromatic carbocycles. The first-order valence-electron chi connectivity index (χ1n) is 6.79. The maximum absolute atomic E-state index is 12.1. The number of amides is 1. The Hall–Kier alpha value is -2.58. The van der Waals surface area contributed by atoms with Crippen LogP contribution in [0.5, 0.6) is 5.88 Å². The van der Waals surface area contributed by atoms with Crippen LogP contribution in [0.4, 0.5) is 18.9 Å². The quantitative estimate of drug-likeness (QED) is 0.916. The Morgan fingerprint density at radius 3 is 2.65 bits per heavy atom. The van der Waals surface area contributed by atoms with Gasteiger partial charge < -0.3 is 10.1 Å². The molecule has 0 fully saturated rings. The number of pyridine rings is 1. The summed E-state index contributed by atoms with van der Waals surface area (Å²) in [6, 6.07) is 2.67. The fourth-order valence-corrected chi connectivity index (χ4v) is 1.80. The number of aromatic nitrogens is 3. The summed E-state index contributed by atoms with van der Waals surface area (Å²) in [6.45, 7) is 2.84. The zero-order chi connectivity index (χ0) is 17.0. The van der Waals surface area contributed by atoms with Gasteiger partial charge in [-0.3, -0.25) is 9.48 Å². The second-order valence-electron chi connectivity index (χ2n) is 4.73. The molecule has 0 saturated carbocycles. The van der Waals surface area contributed by atoms with Crippen molar-refractivity contribution < 1.29 is 22.7 Å². The lowest BCUT2D eigenvalue weighted by atomic mass is 10.2. The normalized spacial score (nSPS) is 11.3. The van der Waals surface area contributed by atoms with Gasteiger partial charge in [0, 0.05) is 18.8 Å². The molecule has 23 heavy (non-hydrogen) atoms. The SMILES string of the molecule is CCn1cc(C(=O)Nc2ccc(OCC(F)(F)F)nc2)c(C)n1. The minimum Gasteiger partial charge on any atom is -0.468 e. The van der Waals surface area contributed by atoms with E-state index in [-0.39, 0.29) is 11.8 Å². The van der Waals surface area contributed by atoms with E-state index in [0.29, 0.717) is 23.5 Å². The Labute approximate surface area is 130 Å². The van der Waals surface area contributed by atoms with E-state index < -0.39 is 12.8 Å². The summed E-state index contributed by atoms with van der Waals surface area (Å²) in [7, 11) is 0. The van der Waals surface area contributed by atoms with E-state index in [2.05, 4.69) is 20.1 Å².